The van der Waals surface area contributed by atoms with Gasteiger partial charge in [-0.15, -0.1) is 20.4 Å². The van der Waals surface area contributed by atoms with Crippen LogP contribution in [0.15, 0.2) is 22.6 Å². The first-order valence-corrected chi connectivity index (χ1v) is 9.80. The number of benzene rings is 1. The van der Waals surface area contributed by atoms with Crippen molar-refractivity contribution in [1.82, 2.24) is 30.3 Å². The molecule has 140 valence electrons. The second-order valence-corrected chi connectivity index (χ2v) is 7.83. The Morgan fingerprint density at radius 3 is 2.63 bits per heavy atom. The lowest BCUT2D eigenvalue weighted by molar-refractivity contribution is 0.326. The maximum atomic E-state index is 6.21. The van der Waals surface area contributed by atoms with Gasteiger partial charge in [-0.2, -0.15) is 0 Å². The predicted octanol–water partition coefficient (Wildman–Crippen LogP) is 3.66. The second kappa shape index (κ2) is 6.73. The molecule has 5 rings (SSSR count). The van der Waals surface area contributed by atoms with Crippen LogP contribution in [0.3, 0.4) is 0 Å². The van der Waals surface area contributed by atoms with E-state index in [4.69, 9.17) is 16.0 Å². The molecule has 2 aliphatic rings. The first-order chi connectivity index (χ1) is 13.2. The van der Waals surface area contributed by atoms with Gasteiger partial charge in [0, 0.05) is 30.3 Å². The molecule has 1 aliphatic carbocycles. The lowest BCUT2D eigenvalue weighted by Gasteiger charge is -2.26. The quantitative estimate of drug-likeness (QED) is 0.726. The van der Waals surface area contributed by atoms with Gasteiger partial charge < -0.3 is 9.73 Å². The molecule has 8 heteroatoms. The van der Waals surface area contributed by atoms with Gasteiger partial charge in [0.05, 0.1) is 12.2 Å². The fourth-order valence-corrected chi connectivity index (χ4v) is 4.46. The Morgan fingerprint density at radius 2 is 1.85 bits per heavy atom. The minimum Gasteiger partial charge on any atom is -0.425 e. The molecule has 1 aromatic carbocycles. The number of rotatable bonds is 2. The number of hydrogen-bond acceptors (Lipinski definition) is 6. The van der Waals surface area contributed by atoms with Crippen molar-refractivity contribution in [2.24, 2.45) is 0 Å². The molecule has 0 amide bonds. The number of halogens is 1. The van der Waals surface area contributed by atoms with Crippen LogP contribution >= 0.6 is 11.6 Å². The van der Waals surface area contributed by atoms with Crippen molar-refractivity contribution in [2.75, 3.05) is 0 Å². The molecule has 1 saturated carbocycles. The van der Waals surface area contributed by atoms with E-state index < -0.39 is 0 Å². The van der Waals surface area contributed by atoms with Crippen LogP contribution in [0.25, 0.3) is 5.69 Å². The van der Waals surface area contributed by atoms with Gasteiger partial charge in [0.2, 0.25) is 11.8 Å². The third-order valence-corrected chi connectivity index (χ3v) is 5.85. The zero-order chi connectivity index (χ0) is 18.4. The molecular formula is C19H21ClN6O. The summed E-state index contributed by atoms with van der Waals surface area (Å²) in [7, 11) is 0. The average molecular weight is 385 g/mol. The molecule has 2 aromatic heterocycles. The van der Waals surface area contributed by atoms with E-state index in [0.29, 0.717) is 24.3 Å². The van der Waals surface area contributed by atoms with Gasteiger partial charge in [-0.05, 0) is 49.4 Å². The number of aryl methyl sites for hydroxylation is 1. The van der Waals surface area contributed by atoms with Crippen molar-refractivity contribution < 1.29 is 4.42 Å². The molecule has 1 N–H and O–H groups in total. The molecule has 0 unspecified atom stereocenters. The molecule has 3 heterocycles. The van der Waals surface area contributed by atoms with E-state index in [1.54, 1.807) is 0 Å². The minimum atomic E-state index is 0.349. The number of nitrogens with one attached hydrogen (secondary N) is 1. The fraction of sp³-hybridized carbons (Fsp3) is 0.474. The zero-order valence-corrected chi connectivity index (χ0v) is 15.9. The molecule has 0 saturated heterocycles. The monoisotopic (exact) mass is 384 g/mol. The van der Waals surface area contributed by atoms with E-state index in [-0.39, 0.29) is 0 Å². The van der Waals surface area contributed by atoms with Crippen molar-refractivity contribution >= 4 is 11.6 Å². The standard InChI is InChI=1S/C19H21ClN6O/c1-11-22-25-19(27-11)13-4-2-12(3-5-13)18-24-23-17-10-21-9-14-8-15(20)6-7-16(14)26(17)18/h6-8,12-13,21H,2-5,9-10H2,1H3. The summed E-state index contributed by atoms with van der Waals surface area (Å²) in [6, 6.07) is 6.04. The normalized spacial score (nSPS) is 22.1. The molecular weight excluding hydrogens is 364 g/mol. The predicted molar refractivity (Wildman–Crippen MR) is 99.9 cm³/mol. The Morgan fingerprint density at radius 1 is 1.04 bits per heavy atom. The van der Waals surface area contributed by atoms with Gasteiger partial charge in [0.1, 0.15) is 5.82 Å². The highest BCUT2D eigenvalue weighted by atomic mass is 35.5. The Kier molecular flexibility index (Phi) is 4.21. The van der Waals surface area contributed by atoms with Gasteiger partial charge in [0.25, 0.3) is 0 Å². The van der Waals surface area contributed by atoms with Gasteiger partial charge in [-0.25, -0.2) is 0 Å². The van der Waals surface area contributed by atoms with Crippen molar-refractivity contribution in [3.63, 3.8) is 0 Å². The van der Waals surface area contributed by atoms with Crippen molar-refractivity contribution in [1.29, 1.82) is 0 Å². The smallest absolute Gasteiger partial charge is 0.219 e. The van der Waals surface area contributed by atoms with E-state index in [0.717, 1.165) is 60.5 Å². The van der Waals surface area contributed by atoms with Crippen LogP contribution < -0.4 is 5.32 Å². The van der Waals surface area contributed by atoms with Gasteiger partial charge in [0.15, 0.2) is 5.82 Å². The third-order valence-electron chi connectivity index (χ3n) is 5.62. The third kappa shape index (κ3) is 3.04. The maximum absolute atomic E-state index is 6.21. The zero-order valence-electron chi connectivity index (χ0n) is 15.2. The SMILES string of the molecule is Cc1nnc(C2CCC(c3nnc4n3-c3ccc(Cl)cc3CNC4)CC2)o1. The summed E-state index contributed by atoms with van der Waals surface area (Å²) in [6.45, 7) is 3.32. The highest BCUT2D eigenvalue weighted by Gasteiger charge is 2.31. The average Bonchev–Trinajstić information content (AvgIpc) is 3.25. The number of fused-ring (bicyclic) bond motifs is 3. The van der Waals surface area contributed by atoms with E-state index in [1.807, 2.05) is 19.1 Å². The molecule has 3 aromatic rings. The summed E-state index contributed by atoms with van der Waals surface area (Å²) in [4.78, 5) is 0. The van der Waals surface area contributed by atoms with Crippen LogP contribution in [0.2, 0.25) is 5.02 Å². The van der Waals surface area contributed by atoms with Gasteiger partial charge >= 0.3 is 0 Å². The van der Waals surface area contributed by atoms with Gasteiger partial charge in [-0.1, -0.05) is 11.6 Å². The summed E-state index contributed by atoms with van der Waals surface area (Å²) < 4.78 is 7.87. The van der Waals surface area contributed by atoms with E-state index >= 15 is 0 Å². The Hall–Kier alpha value is -2.25. The van der Waals surface area contributed by atoms with Crippen LogP contribution in [-0.2, 0) is 13.1 Å². The van der Waals surface area contributed by atoms with Gasteiger partial charge in [-0.3, -0.25) is 4.57 Å². The minimum absolute atomic E-state index is 0.349. The lowest BCUT2D eigenvalue weighted by Crippen LogP contribution is -2.17. The van der Waals surface area contributed by atoms with Crippen molar-refractivity contribution in [3.05, 3.63) is 52.2 Å². The van der Waals surface area contributed by atoms with E-state index in [2.05, 4.69) is 36.3 Å². The molecule has 0 radical (unpaired) electrons. The van der Waals surface area contributed by atoms with Crippen LogP contribution in [0, 0.1) is 6.92 Å². The van der Waals surface area contributed by atoms with Crippen LogP contribution in [0.5, 0.6) is 0 Å². The van der Waals surface area contributed by atoms with Crippen molar-refractivity contribution in [2.45, 2.75) is 57.5 Å². The van der Waals surface area contributed by atoms with E-state index in [1.165, 1.54) is 5.56 Å². The highest BCUT2D eigenvalue weighted by Crippen LogP contribution is 2.40. The highest BCUT2D eigenvalue weighted by molar-refractivity contribution is 6.30. The fourth-order valence-electron chi connectivity index (χ4n) is 4.27. The molecule has 0 bridgehead atoms. The molecule has 1 aliphatic heterocycles. The first-order valence-electron chi connectivity index (χ1n) is 9.43. The Bertz CT molecular complexity index is 972. The Balaban J connectivity index is 1.43. The summed E-state index contributed by atoms with van der Waals surface area (Å²) in [5.74, 6) is 4.15. The number of nitrogens with zero attached hydrogens (tertiary/aromatic N) is 5. The largest absolute Gasteiger partial charge is 0.425 e. The lowest BCUT2D eigenvalue weighted by atomic mass is 9.81. The van der Waals surface area contributed by atoms with Crippen molar-refractivity contribution in [3.8, 4) is 5.69 Å². The molecule has 27 heavy (non-hydrogen) atoms. The second-order valence-electron chi connectivity index (χ2n) is 7.39. The molecule has 7 nitrogen and oxygen atoms in total. The summed E-state index contributed by atoms with van der Waals surface area (Å²) in [6.07, 6.45) is 4.14. The summed E-state index contributed by atoms with van der Waals surface area (Å²) >= 11 is 6.21. The van der Waals surface area contributed by atoms with Crippen LogP contribution in [-0.4, -0.2) is 25.0 Å². The number of aromatic nitrogens is 5. The maximum Gasteiger partial charge on any atom is 0.219 e. The molecule has 0 atom stereocenters. The number of hydrogen-bond donors (Lipinski definition) is 1. The van der Waals surface area contributed by atoms with Crippen LogP contribution in [0.1, 0.15) is 66.5 Å². The summed E-state index contributed by atoms with van der Waals surface area (Å²) in [5.41, 5.74) is 2.31. The molecule has 1 fully saturated rings. The van der Waals surface area contributed by atoms with Crippen LogP contribution in [0.4, 0.5) is 0 Å². The first kappa shape index (κ1) is 16.9. The topological polar surface area (TPSA) is 81.7 Å². The Labute approximate surface area is 162 Å². The molecule has 0 spiro atoms. The summed E-state index contributed by atoms with van der Waals surface area (Å²) in [5, 5.41) is 21.4. The van der Waals surface area contributed by atoms with E-state index in [9.17, 15) is 0 Å².